The topological polar surface area (TPSA) is 21.3 Å². The van der Waals surface area contributed by atoms with E-state index in [1.54, 1.807) is 0 Å². The highest BCUT2D eigenvalue weighted by Gasteiger charge is 2.43. The van der Waals surface area contributed by atoms with Crippen LogP contribution in [0.15, 0.2) is 0 Å². The number of hydrogen-bond donors (Lipinski definition) is 1. The maximum Gasteiger partial charge on any atom is 0.0724 e. The van der Waals surface area contributed by atoms with Gasteiger partial charge in [0.05, 0.1) is 6.10 Å². The van der Waals surface area contributed by atoms with E-state index in [1.165, 1.54) is 51.4 Å². The molecule has 2 atom stereocenters. The Morgan fingerprint density at radius 2 is 1.56 bits per heavy atom. The number of rotatable bonds is 5. The van der Waals surface area contributed by atoms with Gasteiger partial charge in [-0.2, -0.15) is 0 Å². The van der Waals surface area contributed by atoms with Crippen LogP contribution in [0.4, 0.5) is 0 Å². The molecular formula is C14H25NO. The zero-order chi connectivity index (χ0) is 11.0. The molecule has 3 fully saturated rings. The van der Waals surface area contributed by atoms with E-state index in [9.17, 15) is 0 Å². The minimum atomic E-state index is 0.480. The van der Waals surface area contributed by atoms with Crippen LogP contribution in [0.25, 0.3) is 0 Å². The number of nitrogens with one attached hydrogen (secondary N) is 1. The Morgan fingerprint density at radius 1 is 0.938 bits per heavy atom. The lowest BCUT2D eigenvalue weighted by Crippen LogP contribution is -2.49. The highest BCUT2D eigenvalue weighted by Crippen LogP contribution is 2.45. The molecule has 3 saturated carbocycles. The van der Waals surface area contributed by atoms with Crippen molar-refractivity contribution in [2.24, 2.45) is 11.8 Å². The number of ether oxygens (including phenoxy) is 1. The summed E-state index contributed by atoms with van der Waals surface area (Å²) in [6.45, 7) is 0. The van der Waals surface area contributed by atoms with Crippen LogP contribution < -0.4 is 5.32 Å². The van der Waals surface area contributed by atoms with Crippen molar-refractivity contribution in [3.63, 3.8) is 0 Å². The molecule has 2 heteroatoms. The van der Waals surface area contributed by atoms with Crippen molar-refractivity contribution in [3.05, 3.63) is 0 Å². The second-order valence-electron chi connectivity index (χ2n) is 6.03. The molecule has 2 unspecified atom stereocenters. The second kappa shape index (κ2) is 4.66. The summed E-state index contributed by atoms with van der Waals surface area (Å²) >= 11 is 0. The molecule has 0 heterocycles. The van der Waals surface area contributed by atoms with Crippen LogP contribution in [-0.4, -0.2) is 25.3 Å². The predicted molar refractivity (Wildman–Crippen MR) is 65.4 cm³/mol. The van der Waals surface area contributed by atoms with E-state index in [2.05, 4.69) is 5.32 Å². The van der Waals surface area contributed by atoms with E-state index in [1.807, 2.05) is 7.11 Å². The van der Waals surface area contributed by atoms with Crippen molar-refractivity contribution in [3.8, 4) is 0 Å². The van der Waals surface area contributed by atoms with Crippen LogP contribution in [-0.2, 0) is 4.74 Å². The van der Waals surface area contributed by atoms with Gasteiger partial charge in [0.2, 0.25) is 0 Å². The van der Waals surface area contributed by atoms with Crippen molar-refractivity contribution >= 4 is 0 Å². The Morgan fingerprint density at radius 3 is 2.12 bits per heavy atom. The summed E-state index contributed by atoms with van der Waals surface area (Å²) in [4.78, 5) is 0. The Kier molecular flexibility index (Phi) is 3.21. The fraction of sp³-hybridized carbons (Fsp3) is 1.00. The molecule has 92 valence electrons. The van der Waals surface area contributed by atoms with Crippen LogP contribution >= 0.6 is 0 Å². The van der Waals surface area contributed by atoms with Crippen LogP contribution in [0.2, 0.25) is 0 Å². The lowest BCUT2D eigenvalue weighted by atomic mass is 9.91. The zero-order valence-corrected chi connectivity index (χ0v) is 10.5. The first-order valence-corrected chi connectivity index (χ1v) is 7.17. The summed E-state index contributed by atoms with van der Waals surface area (Å²) in [6.07, 6.45) is 11.7. The SMILES string of the molecule is COC1CCCCC1NC(C1CC1)C1CC1. The number of hydrogen-bond acceptors (Lipinski definition) is 2. The summed E-state index contributed by atoms with van der Waals surface area (Å²) in [7, 11) is 1.88. The molecule has 2 nitrogen and oxygen atoms in total. The summed E-state index contributed by atoms with van der Waals surface area (Å²) in [5, 5.41) is 3.96. The van der Waals surface area contributed by atoms with Crippen LogP contribution in [0.5, 0.6) is 0 Å². The molecule has 3 aliphatic rings. The minimum absolute atomic E-state index is 0.480. The van der Waals surface area contributed by atoms with Gasteiger partial charge in [0.15, 0.2) is 0 Å². The molecule has 3 rings (SSSR count). The molecule has 3 aliphatic carbocycles. The van der Waals surface area contributed by atoms with Gasteiger partial charge in [0.1, 0.15) is 0 Å². The quantitative estimate of drug-likeness (QED) is 0.774. The summed E-state index contributed by atoms with van der Waals surface area (Å²) in [5.41, 5.74) is 0. The van der Waals surface area contributed by atoms with E-state index in [0.29, 0.717) is 12.1 Å². The third-order valence-corrected chi connectivity index (χ3v) is 4.67. The first-order chi connectivity index (χ1) is 7.88. The van der Waals surface area contributed by atoms with Crippen molar-refractivity contribution in [2.45, 2.75) is 69.6 Å². The van der Waals surface area contributed by atoms with E-state index < -0.39 is 0 Å². The van der Waals surface area contributed by atoms with Crippen LogP contribution in [0.1, 0.15) is 51.4 Å². The normalized spacial score (nSPS) is 35.6. The van der Waals surface area contributed by atoms with Gasteiger partial charge < -0.3 is 10.1 Å². The number of methoxy groups -OCH3 is 1. The molecule has 0 aromatic rings. The average molecular weight is 223 g/mol. The van der Waals surface area contributed by atoms with Gasteiger partial charge in [0.25, 0.3) is 0 Å². The lowest BCUT2D eigenvalue weighted by Gasteiger charge is -2.34. The maximum absolute atomic E-state index is 5.64. The standard InChI is InChI=1S/C14H25NO/c1-16-13-5-3-2-4-12(13)15-14(10-6-7-10)11-8-9-11/h10-15H,2-9H2,1H3. The highest BCUT2D eigenvalue weighted by molar-refractivity contribution is 4.99. The Balaban J connectivity index is 1.57. The summed E-state index contributed by atoms with van der Waals surface area (Å²) in [5.74, 6) is 2.01. The third-order valence-electron chi connectivity index (χ3n) is 4.67. The summed E-state index contributed by atoms with van der Waals surface area (Å²) < 4.78 is 5.64. The van der Waals surface area contributed by atoms with E-state index in [0.717, 1.165) is 17.9 Å². The molecule has 0 saturated heterocycles. The fourth-order valence-corrected chi connectivity index (χ4v) is 3.38. The molecule has 0 aromatic carbocycles. The van der Waals surface area contributed by atoms with Gasteiger partial charge in [-0.1, -0.05) is 12.8 Å². The van der Waals surface area contributed by atoms with Gasteiger partial charge in [-0.15, -0.1) is 0 Å². The molecule has 0 amide bonds. The molecule has 0 spiro atoms. The Bertz CT molecular complexity index is 223. The van der Waals surface area contributed by atoms with Crippen molar-refractivity contribution < 1.29 is 4.74 Å². The van der Waals surface area contributed by atoms with Gasteiger partial charge in [-0.25, -0.2) is 0 Å². The first-order valence-electron chi connectivity index (χ1n) is 7.17. The van der Waals surface area contributed by atoms with Crippen molar-refractivity contribution in [2.75, 3.05) is 7.11 Å². The fourth-order valence-electron chi connectivity index (χ4n) is 3.38. The van der Waals surface area contributed by atoms with Gasteiger partial charge in [0, 0.05) is 19.2 Å². The van der Waals surface area contributed by atoms with Gasteiger partial charge >= 0.3 is 0 Å². The largest absolute Gasteiger partial charge is 0.380 e. The second-order valence-corrected chi connectivity index (χ2v) is 6.03. The maximum atomic E-state index is 5.64. The predicted octanol–water partition coefficient (Wildman–Crippen LogP) is 2.72. The Labute approximate surface area is 99.1 Å². The smallest absolute Gasteiger partial charge is 0.0724 e. The van der Waals surface area contributed by atoms with E-state index >= 15 is 0 Å². The highest BCUT2D eigenvalue weighted by atomic mass is 16.5. The van der Waals surface area contributed by atoms with Crippen molar-refractivity contribution in [1.29, 1.82) is 0 Å². The average Bonchev–Trinajstić information content (AvgIpc) is 3.18. The monoisotopic (exact) mass is 223 g/mol. The molecule has 0 bridgehead atoms. The molecular weight excluding hydrogens is 198 g/mol. The summed E-state index contributed by atoms with van der Waals surface area (Å²) in [6, 6.07) is 1.48. The first kappa shape index (κ1) is 11.0. The molecule has 0 aliphatic heterocycles. The molecule has 16 heavy (non-hydrogen) atoms. The van der Waals surface area contributed by atoms with E-state index in [4.69, 9.17) is 4.74 Å². The third kappa shape index (κ3) is 2.43. The zero-order valence-electron chi connectivity index (χ0n) is 10.5. The van der Waals surface area contributed by atoms with Gasteiger partial charge in [-0.3, -0.25) is 0 Å². The Hall–Kier alpha value is -0.0800. The lowest BCUT2D eigenvalue weighted by molar-refractivity contribution is 0.0354. The van der Waals surface area contributed by atoms with Crippen LogP contribution in [0.3, 0.4) is 0 Å². The minimum Gasteiger partial charge on any atom is -0.380 e. The van der Waals surface area contributed by atoms with Crippen LogP contribution in [0, 0.1) is 11.8 Å². The molecule has 0 aromatic heterocycles. The van der Waals surface area contributed by atoms with Gasteiger partial charge in [-0.05, 0) is 50.4 Å². The molecule has 1 N–H and O–H groups in total. The van der Waals surface area contributed by atoms with Crippen molar-refractivity contribution in [1.82, 2.24) is 5.32 Å². The molecule has 0 radical (unpaired) electrons. The van der Waals surface area contributed by atoms with E-state index in [-0.39, 0.29) is 0 Å².